The molecule has 384 valence electrons. The lowest BCUT2D eigenvalue weighted by Gasteiger charge is -2.35. The van der Waals surface area contributed by atoms with Crippen molar-refractivity contribution >= 4 is 44.5 Å². The number of H-pyrrole nitrogens is 1. The Morgan fingerprint density at radius 3 is 1.96 bits per heavy atom. The number of carbonyl (C=O) groups excluding carboxylic acids is 3. The summed E-state index contributed by atoms with van der Waals surface area (Å²) in [5, 5.41) is 18.9. The minimum absolute atomic E-state index is 0.0542. The van der Waals surface area contributed by atoms with Crippen molar-refractivity contribution in [1.29, 1.82) is 0 Å². The van der Waals surface area contributed by atoms with E-state index in [2.05, 4.69) is 15.5 Å². The molecule has 0 radical (unpaired) electrons. The Bertz CT molecular complexity index is 2800. The SMILES string of the molecule is O=C(O)CNC(=O)c1ccc(S(=O)(=O)N2CCC(c3ccc(OCCOCCOCCOCCOCCC(=O)N4CCN(C(=O)c5cc(Cc6n[nH]c(=O)c7ccccc67)ccc5F)CC4)cc3)CC2)cc1. The number of carboxylic acid groups (broad SMARTS) is 1. The van der Waals surface area contributed by atoms with Crippen LogP contribution in [0.5, 0.6) is 5.75 Å². The maximum atomic E-state index is 14.9. The van der Waals surface area contributed by atoms with Crippen molar-refractivity contribution < 1.29 is 60.8 Å². The first kappa shape index (κ1) is 53.2. The maximum Gasteiger partial charge on any atom is 0.322 e. The Morgan fingerprint density at radius 2 is 1.32 bits per heavy atom. The third kappa shape index (κ3) is 14.7. The monoisotopic (exact) mass is 1010 g/mol. The van der Waals surface area contributed by atoms with Gasteiger partial charge in [0.2, 0.25) is 15.9 Å². The lowest BCUT2D eigenvalue weighted by molar-refractivity contribution is -0.136. The smallest absolute Gasteiger partial charge is 0.322 e. The normalized spacial score (nSPS) is 14.6. The summed E-state index contributed by atoms with van der Waals surface area (Å²) in [6.45, 7) is 4.50. The third-order valence-corrected chi connectivity index (χ3v) is 14.3. The van der Waals surface area contributed by atoms with E-state index in [-0.39, 0.29) is 59.5 Å². The minimum Gasteiger partial charge on any atom is -0.491 e. The molecular formula is C51H59FN6O13S. The number of aromatic amines is 1. The second kappa shape index (κ2) is 26.2. The minimum atomic E-state index is -3.76. The number of hydrogen-bond donors (Lipinski definition) is 3. The number of ether oxygens (including phenoxy) is 5. The van der Waals surface area contributed by atoms with E-state index in [0.717, 1.165) is 5.56 Å². The number of fused-ring (bicyclic) bond motifs is 1. The van der Waals surface area contributed by atoms with Gasteiger partial charge >= 0.3 is 5.97 Å². The zero-order valence-corrected chi connectivity index (χ0v) is 40.6. The topological polar surface area (TPSA) is 236 Å². The van der Waals surface area contributed by atoms with Crippen LogP contribution in [0.25, 0.3) is 10.8 Å². The lowest BCUT2D eigenvalue weighted by Crippen LogP contribution is -2.50. The van der Waals surface area contributed by atoms with E-state index in [0.29, 0.717) is 126 Å². The van der Waals surface area contributed by atoms with Gasteiger partial charge in [-0.05, 0) is 84.5 Å². The van der Waals surface area contributed by atoms with Gasteiger partial charge in [-0.25, -0.2) is 17.9 Å². The first-order chi connectivity index (χ1) is 34.9. The number of carboxylic acids is 1. The van der Waals surface area contributed by atoms with Gasteiger partial charge in [-0.3, -0.25) is 24.0 Å². The molecular weight excluding hydrogens is 956 g/mol. The molecule has 2 aliphatic rings. The summed E-state index contributed by atoms with van der Waals surface area (Å²) < 4.78 is 71.0. The molecule has 2 saturated heterocycles. The second-order valence-corrected chi connectivity index (χ2v) is 19.0. The molecule has 3 amide bonds. The third-order valence-electron chi connectivity index (χ3n) is 12.4. The van der Waals surface area contributed by atoms with Crippen LogP contribution < -0.4 is 15.6 Å². The molecule has 5 aromatic rings. The van der Waals surface area contributed by atoms with Gasteiger partial charge in [-0.2, -0.15) is 9.40 Å². The molecule has 0 unspecified atom stereocenters. The van der Waals surface area contributed by atoms with E-state index in [4.69, 9.17) is 28.8 Å². The van der Waals surface area contributed by atoms with Crippen molar-refractivity contribution in [1.82, 2.24) is 29.6 Å². The number of rotatable bonds is 25. The molecule has 19 nitrogen and oxygen atoms in total. The summed E-state index contributed by atoms with van der Waals surface area (Å²) in [6.07, 6.45) is 1.77. The molecule has 0 aliphatic carbocycles. The van der Waals surface area contributed by atoms with E-state index in [9.17, 15) is 36.8 Å². The van der Waals surface area contributed by atoms with Gasteiger partial charge in [0.15, 0.2) is 0 Å². The fraction of sp³-hybridized carbons (Fsp3) is 0.412. The molecule has 3 N–H and O–H groups in total. The molecule has 0 atom stereocenters. The average molecular weight is 1020 g/mol. The number of benzene rings is 4. The number of amides is 3. The highest BCUT2D eigenvalue weighted by Gasteiger charge is 2.31. The molecule has 1 aromatic heterocycles. The zero-order valence-electron chi connectivity index (χ0n) is 39.8. The van der Waals surface area contributed by atoms with E-state index < -0.39 is 40.2 Å². The van der Waals surface area contributed by atoms with E-state index >= 15 is 0 Å². The van der Waals surface area contributed by atoms with Crippen LogP contribution >= 0.6 is 0 Å². The van der Waals surface area contributed by atoms with Gasteiger partial charge in [-0.15, -0.1) is 0 Å². The quantitative estimate of drug-likeness (QED) is 0.0705. The number of nitrogens with zero attached hydrogens (tertiary/aromatic N) is 4. The number of piperazine rings is 1. The van der Waals surface area contributed by atoms with E-state index in [1.807, 2.05) is 30.3 Å². The number of aromatic nitrogens is 2. The fourth-order valence-electron chi connectivity index (χ4n) is 8.42. The molecule has 7 rings (SSSR count). The average Bonchev–Trinajstić information content (AvgIpc) is 3.40. The summed E-state index contributed by atoms with van der Waals surface area (Å²) in [5.74, 6) is -2.06. The Kier molecular flexibility index (Phi) is 19.3. The molecule has 4 aromatic carbocycles. The number of aliphatic carboxylic acids is 1. The summed E-state index contributed by atoms with van der Waals surface area (Å²) in [6, 6.07) is 24.7. The van der Waals surface area contributed by atoms with Gasteiger partial charge in [0.05, 0.1) is 80.8 Å². The Labute approximate surface area is 416 Å². The Morgan fingerprint density at radius 1 is 0.722 bits per heavy atom. The van der Waals surface area contributed by atoms with Crippen molar-refractivity contribution in [3.8, 4) is 5.75 Å². The first-order valence-corrected chi connectivity index (χ1v) is 25.3. The Hall–Kier alpha value is -6.62. The van der Waals surface area contributed by atoms with E-state index in [1.54, 1.807) is 34.1 Å². The number of hydrogen-bond acceptors (Lipinski definition) is 13. The second-order valence-electron chi connectivity index (χ2n) is 17.1. The fourth-order valence-corrected chi connectivity index (χ4v) is 9.89. The highest BCUT2D eigenvalue weighted by molar-refractivity contribution is 7.89. The van der Waals surface area contributed by atoms with Crippen LogP contribution in [0.2, 0.25) is 0 Å². The van der Waals surface area contributed by atoms with E-state index in [1.165, 1.54) is 40.7 Å². The number of nitrogens with one attached hydrogen (secondary N) is 2. The van der Waals surface area contributed by atoms with Gasteiger partial charge in [-0.1, -0.05) is 36.4 Å². The van der Waals surface area contributed by atoms with Crippen LogP contribution in [-0.2, 0) is 45.0 Å². The molecule has 0 saturated carbocycles. The van der Waals surface area contributed by atoms with Gasteiger partial charge in [0, 0.05) is 56.6 Å². The predicted molar refractivity (Wildman–Crippen MR) is 261 cm³/mol. The molecule has 21 heteroatoms. The Balaban J connectivity index is 0.672. The van der Waals surface area contributed by atoms with Crippen LogP contribution in [0.4, 0.5) is 4.39 Å². The number of piperidine rings is 1. The van der Waals surface area contributed by atoms with Crippen LogP contribution in [0, 0.1) is 5.82 Å². The molecule has 0 bridgehead atoms. The molecule has 0 spiro atoms. The van der Waals surface area contributed by atoms with Gasteiger partial charge in [0.25, 0.3) is 17.4 Å². The molecule has 3 heterocycles. The van der Waals surface area contributed by atoms with Crippen molar-refractivity contribution in [2.24, 2.45) is 0 Å². The van der Waals surface area contributed by atoms with Crippen LogP contribution in [0.15, 0.2) is 101 Å². The summed E-state index contributed by atoms with van der Waals surface area (Å²) >= 11 is 0. The van der Waals surface area contributed by atoms with Crippen LogP contribution in [0.3, 0.4) is 0 Å². The number of sulfonamides is 1. The van der Waals surface area contributed by atoms with Crippen molar-refractivity contribution in [3.63, 3.8) is 0 Å². The number of halogens is 1. The summed E-state index contributed by atoms with van der Waals surface area (Å²) in [7, 11) is -3.76. The van der Waals surface area contributed by atoms with Gasteiger partial charge in [0.1, 0.15) is 24.7 Å². The largest absolute Gasteiger partial charge is 0.491 e. The molecule has 2 fully saturated rings. The molecule has 72 heavy (non-hydrogen) atoms. The first-order valence-electron chi connectivity index (χ1n) is 23.8. The highest BCUT2D eigenvalue weighted by Crippen LogP contribution is 2.32. The van der Waals surface area contributed by atoms with Crippen molar-refractivity contribution in [2.45, 2.75) is 36.5 Å². The van der Waals surface area contributed by atoms with Crippen molar-refractivity contribution in [3.05, 3.63) is 135 Å². The standard InChI is InChI=1S/C51H59FN6O13S/c52-45-14-5-36(34-46-42-3-1-2-4-43(42)50(63)55-54-46)33-44(45)51(64)57-22-20-56(21-23-57)47(59)17-24-67-25-26-68-27-28-69-29-30-70-31-32-71-40-10-6-37(7-11-40)38-15-18-58(19-16-38)72(65,66)41-12-8-39(9-13-41)49(62)53-35-48(60)61/h1-14,33,38H,15-32,34-35H2,(H,53,62)(H,55,63)(H,60,61). The number of carbonyl (C=O) groups is 4. The lowest BCUT2D eigenvalue weighted by atomic mass is 9.90. The predicted octanol–water partition coefficient (Wildman–Crippen LogP) is 3.86. The van der Waals surface area contributed by atoms with Crippen LogP contribution in [0.1, 0.15) is 62.7 Å². The summed E-state index contributed by atoms with van der Waals surface area (Å²) in [4.78, 5) is 64.5. The van der Waals surface area contributed by atoms with Gasteiger partial charge < -0.3 is 43.9 Å². The van der Waals surface area contributed by atoms with Crippen LogP contribution in [-0.4, -0.2) is 167 Å². The molecule has 2 aliphatic heterocycles. The maximum absolute atomic E-state index is 14.9. The van der Waals surface area contributed by atoms with Crippen molar-refractivity contribution in [2.75, 3.05) is 105 Å². The zero-order chi connectivity index (χ0) is 50.9. The highest BCUT2D eigenvalue weighted by atomic mass is 32.2. The summed E-state index contributed by atoms with van der Waals surface area (Å²) in [5.41, 5.74) is 2.20.